The molecule has 0 heterocycles. The lowest BCUT2D eigenvalue weighted by Crippen LogP contribution is -2.35. The van der Waals surface area contributed by atoms with Crippen LogP contribution >= 0.6 is 0 Å². The van der Waals surface area contributed by atoms with Gasteiger partial charge in [0.05, 0.1) is 0 Å². The molecule has 1 aliphatic rings. The number of carbonyl (C=O) groups is 1. The lowest BCUT2D eigenvalue weighted by atomic mass is 9.99. The molecule has 0 amide bonds. The number of aliphatic carboxylic acids is 1. The highest BCUT2D eigenvalue weighted by molar-refractivity contribution is 5.75. The Labute approximate surface area is 62.5 Å². The summed E-state index contributed by atoms with van der Waals surface area (Å²) >= 11 is 0. The molecule has 1 aliphatic carbocycles. The van der Waals surface area contributed by atoms with Crippen molar-refractivity contribution in [1.29, 1.82) is 0 Å². The van der Waals surface area contributed by atoms with E-state index in [4.69, 9.17) is 5.11 Å². The summed E-state index contributed by atoms with van der Waals surface area (Å²) in [7, 11) is 0. The normalized spacial score (nSPS) is 19.1. The van der Waals surface area contributed by atoms with Gasteiger partial charge in [0.2, 0.25) is 0 Å². The Morgan fingerprint density at radius 1 is 1.45 bits per heavy atom. The van der Waals surface area contributed by atoms with E-state index in [1.54, 1.807) is 12.2 Å². The van der Waals surface area contributed by atoms with Gasteiger partial charge in [-0.25, -0.2) is 4.79 Å². The Morgan fingerprint density at radius 2 is 1.91 bits per heavy atom. The highest BCUT2D eigenvalue weighted by atomic mass is 19.3. The van der Waals surface area contributed by atoms with Gasteiger partial charge in [-0.2, -0.15) is 8.78 Å². The maximum absolute atomic E-state index is 12.6. The van der Waals surface area contributed by atoms with Crippen LogP contribution in [-0.2, 0) is 4.79 Å². The SMILES string of the molecule is O=C(O)C(F)(F)C1CC=CC1. The van der Waals surface area contributed by atoms with Crippen LogP contribution in [0.15, 0.2) is 12.2 Å². The van der Waals surface area contributed by atoms with Gasteiger partial charge in [-0.1, -0.05) is 12.2 Å². The van der Waals surface area contributed by atoms with Crippen LogP contribution < -0.4 is 0 Å². The molecule has 0 aliphatic heterocycles. The second kappa shape index (κ2) is 2.60. The first-order chi connectivity index (χ1) is 5.05. The van der Waals surface area contributed by atoms with Crippen LogP contribution in [0.25, 0.3) is 0 Å². The van der Waals surface area contributed by atoms with Crippen molar-refractivity contribution in [2.45, 2.75) is 18.8 Å². The monoisotopic (exact) mass is 162 g/mol. The van der Waals surface area contributed by atoms with Crippen molar-refractivity contribution in [3.63, 3.8) is 0 Å². The number of carboxylic acids is 1. The van der Waals surface area contributed by atoms with Gasteiger partial charge in [0.1, 0.15) is 0 Å². The maximum Gasteiger partial charge on any atom is 0.374 e. The molecule has 0 aromatic carbocycles. The van der Waals surface area contributed by atoms with Crippen LogP contribution in [0.3, 0.4) is 0 Å². The van der Waals surface area contributed by atoms with Gasteiger partial charge in [0.15, 0.2) is 0 Å². The maximum atomic E-state index is 12.6. The van der Waals surface area contributed by atoms with Crippen LogP contribution in [0.5, 0.6) is 0 Å². The van der Waals surface area contributed by atoms with Crippen LogP contribution in [0.1, 0.15) is 12.8 Å². The molecule has 0 bridgehead atoms. The van der Waals surface area contributed by atoms with Gasteiger partial charge in [0.25, 0.3) is 0 Å². The highest BCUT2D eigenvalue weighted by Gasteiger charge is 2.46. The molecular weight excluding hydrogens is 154 g/mol. The summed E-state index contributed by atoms with van der Waals surface area (Å²) in [5.41, 5.74) is 0. The van der Waals surface area contributed by atoms with Gasteiger partial charge < -0.3 is 5.11 Å². The third-order valence-corrected chi connectivity index (χ3v) is 1.81. The Kier molecular flexibility index (Phi) is 1.93. The Balaban J connectivity index is 2.65. The molecule has 0 saturated carbocycles. The number of rotatable bonds is 2. The third kappa shape index (κ3) is 1.39. The van der Waals surface area contributed by atoms with Gasteiger partial charge in [0, 0.05) is 5.92 Å². The van der Waals surface area contributed by atoms with Gasteiger partial charge in [-0.15, -0.1) is 0 Å². The highest BCUT2D eigenvalue weighted by Crippen LogP contribution is 2.34. The minimum atomic E-state index is -3.57. The minimum absolute atomic E-state index is 0.166. The van der Waals surface area contributed by atoms with Crippen molar-refractivity contribution in [3.8, 4) is 0 Å². The largest absolute Gasteiger partial charge is 0.477 e. The smallest absolute Gasteiger partial charge is 0.374 e. The van der Waals surface area contributed by atoms with Crippen LogP contribution in [-0.4, -0.2) is 17.0 Å². The predicted octanol–water partition coefficient (Wildman–Crippen LogP) is 1.67. The van der Waals surface area contributed by atoms with Crippen LogP contribution in [0, 0.1) is 5.92 Å². The van der Waals surface area contributed by atoms with E-state index in [0.717, 1.165) is 0 Å². The summed E-state index contributed by atoms with van der Waals surface area (Å²) in [6, 6.07) is 0. The summed E-state index contributed by atoms with van der Waals surface area (Å²) in [6.45, 7) is 0. The third-order valence-electron chi connectivity index (χ3n) is 1.81. The second-order valence-corrected chi connectivity index (χ2v) is 2.57. The first-order valence-electron chi connectivity index (χ1n) is 3.31. The molecular formula is C7H8F2O2. The molecule has 0 saturated heterocycles. The quantitative estimate of drug-likeness (QED) is 0.627. The van der Waals surface area contributed by atoms with Gasteiger partial charge >= 0.3 is 11.9 Å². The minimum Gasteiger partial charge on any atom is -0.477 e. The fourth-order valence-corrected chi connectivity index (χ4v) is 1.09. The van der Waals surface area contributed by atoms with E-state index < -0.39 is 17.8 Å². The van der Waals surface area contributed by atoms with E-state index >= 15 is 0 Å². The lowest BCUT2D eigenvalue weighted by molar-refractivity contribution is -0.172. The molecule has 0 spiro atoms. The summed E-state index contributed by atoms with van der Waals surface area (Å²) in [5, 5.41) is 8.12. The van der Waals surface area contributed by atoms with E-state index in [-0.39, 0.29) is 12.8 Å². The number of alkyl halides is 2. The Morgan fingerprint density at radius 3 is 2.27 bits per heavy atom. The number of hydrogen-bond acceptors (Lipinski definition) is 1. The average molecular weight is 162 g/mol. The molecule has 1 N–H and O–H groups in total. The zero-order valence-corrected chi connectivity index (χ0v) is 5.76. The molecule has 0 aromatic heterocycles. The van der Waals surface area contributed by atoms with Crippen molar-refractivity contribution in [1.82, 2.24) is 0 Å². The molecule has 0 fully saturated rings. The van der Waals surface area contributed by atoms with E-state index in [9.17, 15) is 13.6 Å². The number of carboxylic acid groups (broad SMARTS) is 1. The van der Waals surface area contributed by atoms with Gasteiger partial charge in [-0.05, 0) is 12.8 Å². The number of halogens is 2. The first-order valence-corrected chi connectivity index (χ1v) is 3.31. The topological polar surface area (TPSA) is 37.3 Å². The summed E-state index contributed by atoms with van der Waals surface area (Å²) < 4.78 is 25.2. The molecule has 1 rings (SSSR count). The Bertz CT molecular complexity index is 191. The molecule has 0 unspecified atom stereocenters. The summed E-state index contributed by atoms with van der Waals surface area (Å²) in [5.74, 6) is -6.63. The fraction of sp³-hybridized carbons (Fsp3) is 0.571. The van der Waals surface area contributed by atoms with Crippen LogP contribution in [0.2, 0.25) is 0 Å². The zero-order chi connectivity index (χ0) is 8.48. The van der Waals surface area contributed by atoms with Crippen molar-refractivity contribution in [2.24, 2.45) is 5.92 Å². The molecule has 4 heteroatoms. The molecule has 11 heavy (non-hydrogen) atoms. The van der Waals surface area contributed by atoms with Crippen molar-refractivity contribution < 1.29 is 18.7 Å². The first kappa shape index (κ1) is 8.17. The van der Waals surface area contributed by atoms with Crippen molar-refractivity contribution in [3.05, 3.63) is 12.2 Å². The molecule has 0 atom stereocenters. The van der Waals surface area contributed by atoms with E-state index in [2.05, 4.69) is 0 Å². The number of hydrogen-bond donors (Lipinski definition) is 1. The standard InChI is InChI=1S/C7H8F2O2/c8-7(9,6(10)11)5-3-1-2-4-5/h1-2,5H,3-4H2,(H,10,11). The fourth-order valence-electron chi connectivity index (χ4n) is 1.09. The van der Waals surface area contributed by atoms with Gasteiger partial charge in [-0.3, -0.25) is 0 Å². The predicted molar refractivity (Wildman–Crippen MR) is 34.4 cm³/mol. The van der Waals surface area contributed by atoms with Crippen molar-refractivity contribution >= 4 is 5.97 Å². The number of allylic oxidation sites excluding steroid dienone is 2. The average Bonchev–Trinajstić information content (AvgIpc) is 2.37. The molecule has 0 aromatic rings. The lowest BCUT2D eigenvalue weighted by Gasteiger charge is -2.17. The van der Waals surface area contributed by atoms with E-state index in [1.165, 1.54) is 0 Å². The molecule has 0 radical (unpaired) electrons. The Hall–Kier alpha value is -0.930. The van der Waals surface area contributed by atoms with Crippen molar-refractivity contribution in [2.75, 3.05) is 0 Å². The van der Waals surface area contributed by atoms with E-state index in [1.807, 2.05) is 0 Å². The molecule has 2 nitrogen and oxygen atoms in total. The van der Waals surface area contributed by atoms with Crippen LogP contribution in [0.4, 0.5) is 8.78 Å². The summed E-state index contributed by atoms with van der Waals surface area (Å²) in [6.07, 6.45) is 3.50. The molecule has 62 valence electrons. The zero-order valence-electron chi connectivity index (χ0n) is 5.76. The summed E-state index contributed by atoms with van der Waals surface area (Å²) in [4.78, 5) is 10.0. The second-order valence-electron chi connectivity index (χ2n) is 2.57. The van der Waals surface area contributed by atoms with E-state index in [0.29, 0.717) is 0 Å².